The van der Waals surface area contributed by atoms with Crippen molar-refractivity contribution in [2.24, 2.45) is 17.3 Å². The van der Waals surface area contributed by atoms with E-state index in [1.807, 2.05) is 0 Å². The van der Waals surface area contributed by atoms with Crippen LogP contribution in [0.1, 0.15) is 47.0 Å². The predicted octanol–water partition coefficient (Wildman–Crippen LogP) is 2.97. The second-order valence-corrected chi connectivity index (χ2v) is 7.84. The van der Waals surface area contributed by atoms with Crippen molar-refractivity contribution >= 4 is 10.8 Å². The predicted molar refractivity (Wildman–Crippen MR) is 61.7 cm³/mol. The first-order chi connectivity index (χ1) is 6.43. The fourth-order valence-electron chi connectivity index (χ4n) is 3.44. The van der Waals surface area contributed by atoms with E-state index in [4.69, 9.17) is 0 Å². The summed E-state index contributed by atoms with van der Waals surface area (Å²) in [5.41, 5.74) is 0.496. The molecule has 0 amide bonds. The fraction of sp³-hybridized carbons (Fsp3) is 1.00. The highest BCUT2D eigenvalue weighted by molar-refractivity contribution is 7.88. The molecule has 0 aromatic heterocycles. The summed E-state index contributed by atoms with van der Waals surface area (Å²) in [7, 11) is -0.488. The van der Waals surface area contributed by atoms with Gasteiger partial charge in [-0.1, -0.05) is 27.7 Å². The first-order valence-corrected chi connectivity index (χ1v) is 7.13. The number of hydrogen-bond donors (Lipinski definition) is 0. The van der Waals surface area contributed by atoms with E-state index in [1.165, 1.54) is 19.3 Å². The molecule has 1 spiro atoms. The molecule has 2 rings (SSSR count). The second-order valence-electron chi connectivity index (χ2n) is 5.88. The summed E-state index contributed by atoms with van der Waals surface area (Å²) in [6.45, 7) is 9.31. The van der Waals surface area contributed by atoms with E-state index in [9.17, 15) is 4.21 Å². The molecule has 0 aromatic rings. The summed E-state index contributed by atoms with van der Waals surface area (Å²) in [6, 6.07) is 0. The van der Waals surface area contributed by atoms with Gasteiger partial charge in [-0.15, -0.1) is 0 Å². The van der Waals surface area contributed by atoms with Gasteiger partial charge in [0.15, 0.2) is 0 Å². The smallest absolute Gasteiger partial charge is 0.0479 e. The van der Waals surface area contributed by atoms with Gasteiger partial charge in [0.25, 0.3) is 0 Å². The minimum atomic E-state index is -0.488. The van der Waals surface area contributed by atoms with Crippen molar-refractivity contribution in [2.75, 3.05) is 5.75 Å². The molecule has 1 heterocycles. The van der Waals surface area contributed by atoms with Crippen LogP contribution < -0.4 is 0 Å². The lowest BCUT2D eigenvalue weighted by atomic mass is 9.50. The normalized spacial score (nSPS) is 33.1. The minimum absolute atomic E-state index is 0.272. The summed E-state index contributed by atoms with van der Waals surface area (Å²) in [5.74, 6) is 2.45. The van der Waals surface area contributed by atoms with Gasteiger partial charge in [-0.2, -0.15) is 0 Å². The molecule has 0 radical (unpaired) electrons. The van der Waals surface area contributed by atoms with Crippen molar-refractivity contribution in [1.82, 2.24) is 0 Å². The monoisotopic (exact) mass is 214 g/mol. The van der Waals surface area contributed by atoms with Crippen molar-refractivity contribution in [3.63, 3.8) is 0 Å². The van der Waals surface area contributed by atoms with E-state index in [0.717, 1.165) is 17.6 Å². The van der Waals surface area contributed by atoms with Crippen molar-refractivity contribution in [3.8, 4) is 0 Å². The van der Waals surface area contributed by atoms with E-state index < -0.39 is 10.8 Å². The average Bonchev–Trinajstić information content (AvgIpc) is 1.99. The van der Waals surface area contributed by atoms with Gasteiger partial charge in [-0.05, 0) is 36.5 Å². The zero-order chi connectivity index (χ0) is 10.6. The maximum absolute atomic E-state index is 11.7. The van der Waals surface area contributed by atoms with Crippen LogP contribution in [-0.4, -0.2) is 14.7 Å². The first kappa shape index (κ1) is 10.7. The highest BCUT2D eigenvalue weighted by Crippen LogP contribution is 2.63. The molecular weight excluding hydrogens is 192 g/mol. The third-order valence-corrected chi connectivity index (χ3v) is 6.86. The van der Waals surface area contributed by atoms with E-state index in [-0.39, 0.29) is 4.75 Å². The Morgan fingerprint density at radius 1 is 1.07 bits per heavy atom. The van der Waals surface area contributed by atoms with Crippen LogP contribution >= 0.6 is 0 Å². The van der Waals surface area contributed by atoms with Gasteiger partial charge in [-0.25, -0.2) is 0 Å². The van der Waals surface area contributed by atoms with E-state index in [1.54, 1.807) is 0 Å². The van der Waals surface area contributed by atoms with Crippen molar-refractivity contribution < 1.29 is 4.21 Å². The van der Waals surface area contributed by atoms with Crippen LogP contribution in [0.15, 0.2) is 0 Å². The highest BCUT2D eigenvalue weighted by atomic mass is 32.2. The Hall–Kier alpha value is 0.150. The molecule has 14 heavy (non-hydrogen) atoms. The molecule has 1 saturated heterocycles. The Labute approximate surface area is 90.1 Å². The Morgan fingerprint density at radius 3 is 1.79 bits per heavy atom. The lowest BCUT2D eigenvalue weighted by molar-refractivity contribution is -0.0291. The zero-order valence-electron chi connectivity index (χ0n) is 9.80. The molecule has 0 aromatic carbocycles. The SMILES string of the molecule is CC(C)C1(C(C)C)CC2(CCS2=O)C1. The zero-order valence-corrected chi connectivity index (χ0v) is 10.6. The Bertz CT molecular complexity index is 251. The topological polar surface area (TPSA) is 17.1 Å². The van der Waals surface area contributed by atoms with Crippen molar-refractivity contribution in [1.29, 1.82) is 0 Å². The van der Waals surface area contributed by atoms with Gasteiger partial charge in [0.1, 0.15) is 0 Å². The third kappa shape index (κ3) is 1.16. The van der Waals surface area contributed by atoms with Crippen LogP contribution in [0.3, 0.4) is 0 Å². The molecule has 82 valence electrons. The van der Waals surface area contributed by atoms with E-state index in [0.29, 0.717) is 5.41 Å². The van der Waals surface area contributed by atoms with Gasteiger partial charge in [-0.3, -0.25) is 4.21 Å². The molecule has 1 saturated carbocycles. The van der Waals surface area contributed by atoms with Crippen LogP contribution in [0, 0.1) is 17.3 Å². The van der Waals surface area contributed by atoms with Gasteiger partial charge in [0.05, 0.1) is 0 Å². The molecule has 2 heteroatoms. The molecule has 1 atom stereocenters. The molecule has 1 unspecified atom stereocenters. The van der Waals surface area contributed by atoms with E-state index >= 15 is 0 Å². The number of rotatable bonds is 2. The molecular formula is C12H22OS. The standard InChI is InChI=1S/C12H22OS/c1-9(2)12(10(3)4)7-11(8-12)5-6-14(11)13/h9-10H,5-8H2,1-4H3. The maximum Gasteiger partial charge on any atom is 0.0479 e. The molecule has 0 N–H and O–H groups in total. The molecule has 0 bridgehead atoms. The first-order valence-electron chi connectivity index (χ1n) is 5.81. The molecule has 2 aliphatic rings. The Balaban J connectivity index is 2.11. The van der Waals surface area contributed by atoms with Gasteiger partial charge >= 0.3 is 0 Å². The van der Waals surface area contributed by atoms with Crippen LogP contribution in [0.5, 0.6) is 0 Å². The summed E-state index contributed by atoms with van der Waals surface area (Å²) in [6.07, 6.45) is 3.67. The third-order valence-electron chi connectivity index (χ3n) is 4.83. The maximum atomic E-state index is 11.7. The minimum Gasteiger partial charge on any atom is -0.259 e. The van der Waals surface area contributed by atoms with Gasteiger partial charge in [0, 0.05) is 21.3 Å². The van der Waals surface area contributed by atoms with Crippen molar-refractivity contribution in [2.45, 2.75) is 51.7 Å². The van der Waals surface area contributed by atoms with Crippen LogP contribution in [0.4, 0.5) is 0 Å². The largest absolute Gasteiger partial charge is 0.259 e. The summed E-state index contributed by atoms with van der Waals surface area (Å²) < 4.78 is 12.0. The quantitative estimate of drug-likeness (QED) is 0.690. The average molecular weight is 214 g/mol. The summed E-state index contributed by atoms with van der Waals surface area (Å²) >= 11 is 0. The lowest BCUT2D eigenvalue weighted by Gasteiger charge is -2.63. The molecule has 1 aliphatic carbocycles. The summed E-state index contributed by atoms with van der Waals surface area (Å²) in [5, 5.41) is 0. The lowest BCUT2D eigenvalue weighted by Crippen LogP contribution is -2.64. The van der Waals surface area contributed by atoms with Crippen LogP contribution in [0.2, 0.25) is 0 Å². The second kappa shape index (κ2) is 3.07. The highest BCUT2D eigenvalue weighted by Gasteiger charge is 2.63. The number of hydrogen-bond acceptors (Lipinski definition) is 1. The van der Waals surface area contributed by atoms with Crippen LogP contribution in [0.25, 0.3) is 0 Å². The molecule has 2 fully saturated rings. The molecule has 1 nitrogen and oxygen atoms in total. The molecule has 1 aliphatic heterocycles. The Kier molecular flexibility index (Phi) is 2.34. The van der Waals surface area contributed by atoms with E-state index in [2.05, 4.69) is 27.7 Å². The van der Waals surface area contributed by atoms with Gasteiger partial charge < -0.3 is 0 Å². The van der Waals surface area contributed by atoms with Gasteiger partial charge in [0.2, 0.25) is 0 Å². The van der Waals surface area contributed by atoms with Crippen molar-refractivity contribution in [3.05, 3.63) is 0 Å². The fourth-order valence-corrected chi connectivity index (χ4v) is 5.25. The Morgan fingerprint density at radius 2 is 1.57 bits per heavy atom. The van der Waals surface area contributed by atoms with Crippen LogP contribution in [-0.2, 0) is 10.8 Å². The summed E-state index contributed by atoms with van der Waals surface area (Å²) in [4.78, 5) is 0.